The highest BCUT2D eigenvalue weighted by molar-refractivity contribution is 5.80. The van der Waals surface area contributed by atoms with E-state index < -0.39 is 11.9 Å². The molecule has 1 unspecified atom stereocenters. The average Bonchev–Trinajstić information content (AvgIpc) is 3.35. The standard InChI is InChI=1S/C28H31N5O3/c1-20(23-5-3-2-4-6-23)32-17-24(13-25(18-32)28(35)36)27(34)31-12-11-26-15-30-19-33(26)16-22-9-7-21(14-29)8-10-22/h2-10,15,19-20,24-25H,11-13,16-18H2,1H3,(H,31,34)(H,35,36)/t20?,24-,25+/m1/s1. The summed E-state index contributed by atoms with van der Waals surface area (Å²) in [5.41, 5.74) is 3.79. The van der Waals surface area contributed by atoms with E-state index in [1.165, 1.54) is 0 Å². The van der Waals surface area contributed by atoms with Crippen molar-refractivity contribution in [3.05, 3.63) is 89.5 Å². The predicted octanol–water partition coefficient (Wildman–Crippen LogP) is 3.25. The Morgan fingerprint density at radius 2 is 1.86 bits per heavy atom. The second-order valence-electron chi connectivity index (χ2n) is 9.37. The maximum atomic E-state index is 13.1. The van der Waals surface area contributed by atoms with Crippen LogP contribution in [0.4, 0.5) is 0 Å². The van der Waals surface area contributed by atoms with Gasteiger partial charge in [0.05, 0.1) is 29.8 Å². The summed E-state index contributed by atoms with van der Waals surface area (Å²) in [6, 6.07) is 19.6. The number of benzene rings is 2. The second-order valence-corrected chi connectivity index (χ2v) is 9.37. The lowest BCUT2D eigenvalue weighted by Gasteiger charge is -2.39. The molecule has 4 rings (SSSR count). The summed E-state index contributed by atoms with van der Waals surface area (Å²) in [6.07, 6.45) is 4.51. The second kappa shape index (κ2) is 11.6. The first-order chi connectivity index (χ1) is 17.4. The molecule has 1 aliphatic heterocycles. The van der Waals surface area contributed by atoms with Gasteiger partial charge in [0.2, 0.25) is 5.91 Å². The van der Waals surface area contributed by atoms with E-state index in [4.69, 9.17) is 5.26 Å². The number of aromatic nitrogens is 2. The largest absolute Gasteiger partial charge is 0.481 e. The van der Waals surface area contributed by atoms with Gasteiger partial charge >= 0.3 is 5.97 Å². The van der Waals surface area contributed by atoms with Gasteiger partial charge in [0.15, 0.2) is 0 Å². The molecule has 3 atom stereocenters. The minimum Gasteiger partial charge on any atom is -0.481 e. The summed E-state index contributed by atoms with van der Waals surface area (Å²) in [7, 11) is 0. The van der Waals surface area contributed by atoms with Crippen molar-refractivity contribution in [2.45, 2.75) is 32.4 Å². The van der Waals surface area contributed by atoms with Gasteiger partial charge in [0.1, 0.15) is 0 Å². The fraction of sp³-hybridized carbons (Fsp3) is 0.357. The lowest BCUT2D eigenvalue weighted by atomic mass is 9.87. The molecule has 2 N–H and O–H groups in total. The van der Waals surface area contributed by atoms with Crippen molar-refractivity contribution < 1.29 is 14.7 Å². The minimum absolute atomic E-state index is 0.0280. The van der Waals surface area contributed by atoms with Crippen LogP contribution in [0.25, 0.3) is 0 Å². The third kappa shape index (κ3) is 6.18. The molecular formula is C28H31N5O3. The molecule has 2 heterocycles. The first kappa shape index (κ1) is 25.1. The van der Waals surface area contributed by atoms with E-state index in [1.807, 2.05) is 47.0 Å². The van der Waals surface area contributed by atoms with Gasteiger partial charge in [0.25, 0.3) is 0 Å². The number of carbonyl (C=O) groups excluding carboxylic acids is 1. The molecule has 36 heavy (non-hydrogen) atoms. The molecule has 8 heteroatoms. The number of nitrogens with zero attached hydrogens (tertiary/aromatic N) is 4. The van der Waals surface area contributed by atoms with Gasteiger partial charge in [-0.1, -0.05) is 42.5 Å². The number of aliphatic carboxylic acids is 1. The van der Waals surface area contributed by atoms with E-state index in [1.54, 1.807) is 24.7 Å². The monoisotopic (exact) mass is 485 g/mol. The molecule has 0 saturated carbocycles. The summed E-state index contributed by atoms with van der Waals surface area (Å²) in [5, 5.41) is 21.7. The number of hydrogen-bond donors (Lipinski definition) is 2. The number of rotatable bonds is 9. The number of nitrogens with one attached hydrogen (secondary N) is 1. The molecule has 0 radical (unpaired) electrons. The van der Waals surface area contributed by atoms with Crippen LogP contribution in [0.1, 0.15) is 41.8 Å². The van der Waals surface area contributed by atoms with E-state index in [-0.39, 0.29) is 17.9 Å². The van der Waals surface area contributed by atoms with Crippen molar-refractivity contribution in [2.24, 2.45) is 11.8 Å². The van der Waals surface area contributed by atoms with E-state index in [9.17, 15) is 14.7 Å². The van der Waals surface area contributed by atoms with Crippen LogP contribution in [0.3, 0.4) is 0 Å². The Morgan fingerprint density at radius 1 is 1.14 bits per heavy atom. The Hall–Kier alpha value is -3.96. The number of carboxylic acids is 1. The molecule has 0 spiro atoms. The highest BCUT2D eigenvalue weighted by Crippen LogP contribution is 2.30. The van der Waals surface area contributed by atoms with Crippen molar-refractivity contribution in [3.63, 3.8) is 0 Å². The van der Waals surface area contributed by atoms with Gasteiger partial charge < -0.3 is 15.0 Å². The van der Waals surface area contributed by atoms with E-state index >= 15 is 0 Å². The van der Waals surface area contributed by atoms with Crippen molar-refractivity contribution in [2.75, 3.05) is 19.6 Å². The fourth-order valence-corrected chi connectivity index (χ4v) is 4.80. The van der Waals surface area contributed by atoms with Crippen LogP contribution in [0.5, 0.6) is 0 Å². The van der Waals surface area contributed by atoms with Crippen LogP contribution in [-0.2, 0) is 22.6 Å². The van der Waals surface area contributed by atoms with E-state index in [0.29, 0.717) is 44.6 Å². The smallest absolute Gasteiger partial charge is 0.307 e. The van der Waals surface area contributed by atoms with Crippen molar-refractivity contribution >= 4 is 11.9 Å². The zero-order valence-corrected chi connectivity index (χ0v) is 20.4. The highest BCUT2D eigenvalue weighted by Gasteiger charge is 2.36. The van der Waals surface area contributed by atoms with Gasteiger partial charge in [-0.2, -0.15) is 5.26 Å². The number of carboxylic acid groups (broad SMARTS) is 1. The summed E-state index contributed by atoms with van der Waals surface area (Å²) < 4.78 is 2.03. The Balaban J connectivity index is 1.34. The molecular weight excluding hydrogens is 454 g/mol. The number of amides is 1. The van der Waals surface area contributed by atoms with Crippen LogP contribution in [0.2, 0.25) is 0 Å². The first-order valence-electron chi connectivity index (χ1n) is 12.2. The van der Waals surface area contributed by atoms with E-state index in [0.717, 1.165) is 16.8 Å². The fourth-order valence-electron chi connectivity index (χ4n) is 4.80. The number of likely N-dealkylation sites (tertiary alicyclic amines) is 1. The zero-order valence-electron chi connectivity index (χ0n) is 20.4. The van der Waals surface area contributed by atoms with Crippen LogP contribution in [0.15, 0.2) is 67.1 Å². The summed E-state index contributed by atoms with van der Waals surface area (Å²) in [6.45, 7) is 4.10. The molecule has 186 valence electrons. The average molecular weight is 486 g/mol. The van der Waals surface area contributed by atoms with Crippen molar-refractivity contribution in [3.8, 4) is 6.07 Å². The number of piperidine rings is 1. The maximum Gasteiger partial charge on any atom is 0.307 e. The molecule has 0 aliphatic carbocycles. The van der Waals surface area contributed by atoms with Crippen LogP contribution in [0, 0.1) is 23.2 Å². The molecule has 8 nitrogen and oxygen atoms in total. The van der Waals surface area contributed by atoms with Crippen molar-refractivity contribution in [1.82, 2.24) is 19.8 Å². The molecule has 2 aromatic carbocycles. The van der Waals surface area contributed by atoms with E-state index in [2.05, 4.69) is 28.2 Å². The molecule has 1 aliphatic rings. The zero-order chi connectivity index (χ0) is 25.5. The number of carbonyl (C=O) groups is 2. The number of nitriles is 1. The number of hydrogen-bond acceptors (Lipinski definition) is 5. The third-order valence-electron chi connectivity index (χ3n) is 6.94. The lowest BCUT2D eigenvalue weighted by Crippen LogP contribution is -2.49. The van der Waals surface area contributed by atoms with Crippen LogP contribution in [-0.4, -0.2) is 51.1 Å². The summed E-state index contributed by atoms with van der Waals surface area (Å²) in [5.74, 6) is -1.92. The van der Waals surface area contributed by atoms with Gasteiger partial charge in [-0.15, -0.1) is 0 Å². The van der Waals surface area contributed by atoms with Crippen molar-refractivity contribution in [1.29, 1.82) is 5.26 Å². The van der Waals surface area contributed by atoms with Gasteiger partial charge in [-0.25, -0.2) is 4.98 Å². The molecule has 3 aromatic rings. The minimum atomic E-state index is -0.857. The van der Waals surface area contributed by atoms with Gasteiger partial charge in [-0.3, -0.25) is 14.5 Å². The quantitative estimate of drug-likeness (QED) is 0.481. The first-order valence-corrected chi connectivity index (χ1v) is 12.2. The Kier molecular flexibility index (Phi) is 8.13. The summed E-state index contributed by atoms with van der Waals surface area (Å²) >= 11 is 0. The maximum absolute atomic E-state index is 13.1. The van der Waals surface area contributed by atoms with Gasteiger partial charge in [0, 0.05) is 50.5 Å². The summed E-state index contributed by atoms with van der Waals surface area (Å²) in [4.78, 5) is 31.3. The predicted molar refractivity (Wildman–Crippen MR) is 135 cm³/mol. The SMILES string of the molecule is CC(c1ccccc1)N1C[C@@H](C(=O)O)C[C@@H](C(=O)NCCc2cncn2Cc2ccc(C#N)cc2)C1. The lowest BCUT2D eigenvalue weighted by molar-refractivity contribution is -0.146. The van der Waals surface area contributed by atoms with Gasteiger partial charge in [-0.05, 0) is 36.6 Å². The molecule has 1 aromatic heterocycles. The topological polar surface area (TPSA) is 111 Å². The Bertz CT molecular complexity index is 1220. The van der Waals surface area contributed by atoms with Crippen LogP contribution >= 0.6 is 0 Å². The number of imidazole rings is 1. The molecule has 1 fully saturated rings. The Morgan fingerprint density at radius 3 is 2.56 bits per heavy atom. The third-order valence-corrected chi connectivity index (χ3v) is 6.94. The highest BCUT2D eigenvalue weighted by atomic mass is 16.4. The normalized spacial score (nSPS) is 18.8. The van der Waals surface area contributed by atoms with Crippen LogP contribution < -0.4 is 5.32 Å². The molecule has 1 amide bonds. The molecule has 1 saturated heterocycles. The molecule has 0 bridgehead atoms. The Labute approximate surface area is 211 Å².